The van der Waals surface area contributed by atoms with Gasteiger partial charge < -0.3 is 0 Å². The molecule has 0 N–H and O–H groups in total. The van der Waals surface area contributed by atoms with Crippen molar-refractivity contribution >= 4 is 29.2 Å². The van der Waals surface area contributed by atoms with Crippen molar-refractivity contribution < 1.29 is 0 Å². The normalized spacial score (nSPS) is 22.9. The van der Waals surface area contributed by atoms with E-state index < -0.39 is 0 Å². The second-order valence-corrected chi connectivity index (χ2v) is 4.56. The van der Waals surface area contributed by atoms with Crippen LogP contribution in [0.25, 0.3) is 0 Å². The molecule has 1 heterocycles. The molecule has 1 unspecified atom stereocenters. The van der Waals surface area contributed by atoms with Crippen molar-refractivity contribution in [3.63, 3.8) is 0 Å². The van der Waals surface area contributed by atoms with Gasteiger partial charge in [-0.1, -0.05) is 13.8 Å². The fourth-order valence-corrected chi connectivity index (χ4v) is 1.96. The minimum atomic E-state index is 0.468. The van der Waals surface area contributed by atoms with Gasteiger partial charge in [-0.05, 0) is 19.3 Å². The van der Waals surface area contributed by atoms with Crippen molar-refractivity contribution in [3.05, 3.63) is 0 Å². The van der Waals surface area contributed by atoms with Crippen LogP contribution in [0.3, 0.4) is 0 Å². The first-order valence-corrected chi connectivity index (χ1v) is 5.36. The van der Waals surface area contributed by atoms with E-state index in [0.717, 1.165) is 12.5 Å². The molecule has 1 rings (SSSR count). The maximum absolute atomic E-state index is 4.30. The summed E-state index contributed by atoms with van der Waals surface area (Å²) >= 11 is 2.31. The Kier molecular flexibility index (Phi) is 3.61. The number of rotatable bonds is 3. The van der Waals surface area contributed by atoms with E-state index in [-0.39, 0.29) is 0 Å². The topological polar surface area (TPSA) is 18.8 Å². The van der Waals surface area contributed by atoms with Crippen LogP contribution >= 0.6 is 22.9 Å². The molecule has 70 valence electrons. The van der Waals surface area contributed by atoms with E-state index in [1.54, 1.807) is 0 Å². The lowest BCUT2D eigenvalue weighted by Crippen LogP contribution is -2.35. The fourth-order valence-electron chi connectivity index (χ4n) is 1.33. The molecule has 0 aliphatic carbocycles. The summed E-state index contributed by atoms with van der Waals surface area (Å²) in [5.74, 6) is 0.725. The molecule has 0 aromatic carbocycles. The van der Waals surface area contributed by atoms with E-state index in [9.17, 15) is 0 Å². The summed E-state index contributed by atoms with van der Waals surface area (Å²) in [4.78, 5) is 0. The van der Waals surface area contributed by atoms with Crippen molar-refractivity contribution in [2.45, 2.75) is 33.4 Å². The standard InChI is InChI=1S/C8H16IN3/c1-4-12-8(5-7(2)3)11(9)6-10-12/h6-8H,4-5H2,1-3H3. The lowest BCUT2D eigenvalue weighted by molar-refractivity contribution is 0.170. The smallest absolute Gasteiger partial charge is 0.128 e. The van der Waals surface area contributed by atoms with Gasteiger partial charge in [0.05, 0.1) is 22.9 Å². The summed E-state index contributed by atoms with van der Waals surface area (Å²) in [7, 11) is 0. The first kappa shape index (κ1) is 10.1. The number of halogens is 1. The maximum atomic E-state index is 4.30. The zero-order valence-electron chi connectivity index (χ0n) is 7.87. The molecule has 0 saturated carbocycles. The molecule has 0 radical (unpaired) electrons. The summed E-state index contributed by atoms with van der Waals surface area (Å²) in [6.07, 6.45) is 3.55. The Morgan fingerprint density at radius 3 is 2.75 bits per heavy atom. The molecule has 1 aliphatic heterocycles. The molecule has 1 atom stereocenters. The molecule has 0 saturated heterocycles. The Labute approximate surface area is 88.3 Å². The highest BCUT2D eigenvalue weighted by molar-refractivity contribution is 14.1. The van der Waals surface area contributed by atoms with Gasteiger partial charge in [-0.25, -0.2) is 0 Å². The van der Waals surface area contributed by atoms with E-state index in [1.165, 1.54) is 6.42 Å². The predicted octanol–water partition coefficient (Wildman–Crippen LogP) is 2.29. The molecule has 0 spiro atoms. The van der Waals surface area contributed by atoms with Crippen molar-refractivity contribution in [1.29, 1.82) is 0 Å². The van der Waals surface area contributed by atoms with Crippen molar-refractivity contribution in [1.82, 2.24) is 8.12 Å². The van der Waals surface area contributed by atoms with Gasteiger partial charge in [-0.2, -0.15) is 5.10 Å². The molecule has 3 nitrogen and oxygen atoms in total. The Morgan fingerprint density at radius 1 is 1.58 bits per heavy atom. The van der Waals surface area contributed by atoms with Crippen LogP contribution in [0.5, 0.6) is 0 Å². The molecule has 0 bridgehead atoms. The van der Waals surface area contributed by atoms with E-state index >= 15 is 0 Å². The number of hydrogen-bond acceptors (Lipinski definition) is 3. The Balaban J connectivity index is 2.50. The van der Waals surface area contributed by atoms with E-state index in [1.807, 2.05) is 6.34 Å². The molecular formula is C8H16IN3. The van der Waals surface area contributed by atoms with E-state index in [2.05, 4.69) is 56.9 Å². The zero-order chi connectivity index (χ0) is 9.14. The van der Waals surface area contributed by atoms with Gasteiger partial charge in [0.25, 0.3) is 0 Å². The molecule has 0 aromatic heterocycles. The van der Waals surface area contributed by atoms with Gasteiger partial charge in [-0.15, -0.1) is 0 Å². The first-order chi connectivity index (χ1) is 5.65. The summed E-state index contributed by atoms with van der Waals surface area (Å²) < 4.78 is 2.15. The van der Waals surface area contributed by atoms with Crippen LogP contribution in [-0.2, 0) is 0 Å². The Morgan fingerprint density at radius 2 is 2.25 bits per heavy atom. The maximum Gasteiger partial charge on any atom is 0.128 e. The minimum absolute atomic E-state index is 0.468. The third-order valence-corrected chi connectivity index (χ3v) is 2.84. The molecular weight excluding hydrogens is 265 g/mol. The average molecular weight is 281 g/mol. The molecule has 1 aliphatic rings. The van der Waals surface area contributed by atoms with Gasteiger partial charge in [0.1, 0.15) is 12.5 Å². The SMILES string of the molecule is CCN1N=CN(I)C1CC(C)C. The lowest BCUT2D eigenvalue weighted by atomic mass is 10.1. The van der Waals surface area contributed by atoms with Crippen LogP contribution in [0, 0.1) is 5.92 Å². The van der Waals surface area contributed by atoms with Gasteiger partial charge in [-0.3, -0.25) is 8.12 Å². The zero-order valence-corrected chi connectivity index (χ0v) is 10.0. The van der Waals surface area contributed by atoms with Gasteiger partial charge in [0.15, 0.2) is 0 Å². The third kappa shape index (κ3) is 2.24. The largest absolute Gasteiger partial charge is 0.280 e. The van der Waals surface area contributed by atoms with Gasteiger partial charge in [0.2, 0.25) is 0 Å². The molecule has 12 heavy (non-hydrogen) atoms. The summed E-state index contributed by atoms with van der Waals surface area (Å²) in [6.45, 7) is 7.63. The van der Waals surface area contributed by atoms with Crippen molar-refractivity contribution in [2.24, 2.45) is 11.0 Å². The van der Waals surface area contributed by atoms with Gasteiger partial charge in [0, 0.05) is 6.54 Å². The molecule has 0 amide bonds. The highest BCUT2D eigenvalue weighted by Crippen LogP contribution is 2.22. The van der Waals surface area contributed by atoms with Crippen LogP contribution in [0.15, 0.2) is 5.10 Å². The number of hydrogen-bond donors (Lipinski definition) is 0. The summed E-state index contributed by atoms with van der Waals surface area (Å²) in [5, 5.41) is 6.43. The quantitative estimate of drug-likeness (QED) is 0.584. The Hall–Kier alpha value is 0. The highest BCUT2D eigenvalue weighted by Gasteiger charge is 2.25. The minimum Gasteiger partial charge on any atom is -0.280 e. The predicted molar refractivity (Wildman–Crippen MR) is 60.0 cm³/mol. The van der Waals surface area contributed by atoms with Crippen molar-refractivity contribution in [2.75, 3.05) is 6.54 Å². The monoisotopic (exact) mass is 281 g/mol. The summed E-state index contributed by atoms with van der Waals surface area (Å²) in [5.41, 5.74) is 0. The van der Waals surface area contributed by atoms with Crippen molar-refractivity contribution in [3.8, 4) is 0 Å². The van der Waals surface area contributed by atoms with E-state index in [0.29, 0.717) is 6.17 Å². The first-order valence-electron chi connectivity index (χ1n) is 4.40. The number of nitrogens with zero attached hydrogens (tertiary/aromatic N) is 3. The van der Waals surface area contributed by atoms with Crippen LogP contribution in [0.2, 0.25) is 0 Å². The van der Waals surface area contributed by atoms with E-state index in [4.69, 9.17) is 0 Å². The highest BCUT2D eigenvalue weighted by atomic mass is 127. The second-order valence-electron chi connectivity index (χ2n) is 3.44. The van der Waals surface area contributed by atoms with Gasteiger partial charge >= 0.3 is 0 Å². The van der Waals surface area contributed by atoms with Crippen LogP contribution in [0.1, 0.15) is 27.2 Å². The molecule has 0 fully saturated rings. The van der Waals surface area contributed by atoms with Crippen LogP contribution in [0.4, 0.5) is 0 Å². The molecule has 4 heteroatoms. The summed E-state index contributed by atoms with van der Waals surface area (Å²) in [6, 6.07) is 0. The van der Waals surface area contributed by atoms with Crippen LogP contribution in [-0.4, -0.2) is 27.2 Å². The van der Waals surface area contributed by atoms with Crippen LogP contribution < -0.4 is 0 Å². The number of hydrazone groups is 1. The third-order valence-electron chi connectivity index (χ3n) is 1.95. The molecule has 0 aromatic rings. The average Bonchev–Trinajstić information content (AvgIpc) is 2.32. The lowest BCUT2D eigenvalue weighted by Gasteiger charge is -2.27. The fraction of sp³-hybridized carbons (Fsp3) is 0.875. The Bertz CT molecular complexity index is 170. The second kappa shape index (κ2) is 4.30.